The molecule has 0 fully saturated rings. The van der Waals surface area contributed by atoms with Crippen molar-refractivity contribution in [2.24, 2.45) is 0 Å². The highest BCUT2D eigenvalue weighted by Crippen LogP contribution is 2.29. The summed E-state index contributed by atoms with van der Waals surface area (Å²) in [5, 5.41) is 0. The summed E-state index contributed by atoms with van der Waals surface area (Å²) < 4.78 is 21.1. The van der Waals surface area contributed by atoms with Gasteiger partial charge < -0.3 is 18.9 Å². The Morgan fingerprint density at radius 1 is 0.871 bits per heavy atom. The van der Waals surface area contributed by atoms with Crippen LogP contribution >= 0.6 is 0 Å². The SMILES string of the molecule is CCCCCCCOC(=O)/C=C/c1ccc(OC(=O)c2ccc(OC)cc2)c(OC)c1. The number of benzene rings is 2. The van der Waals surface area contributed by atoms with Crippen molar-refractivity contribution in [3.05, 3.63) is 59.7 Å². The molecule has 6 heteroatoms. The Morgan fingerprint density at radius 2 is 1.61 bits per heavy atom. The van der Waals surface area contributed by atoms with E-state index >= 15 is 0 Å². The second kappa shape index (κ2) is 13.1. The molecule has 0 aliphatic carbocycles. The van der Waals surface area contributed by atoms with Gasteiger partial charge in [-0.15, -0.1) is 0 Å². The van der Waals surface area contributed by atoms with Gasteiger partial charge in [-0.2, -0.15) is 0 Å². The quantitative estimate of drug-likeness (QED) is 0.195. The lowest BCUT2D eigenvalue weighted by Crippen LogP contribution is -2.09. The van der Waals surface area contributed by atoms with Crippen LogP contribution in [0.15, 0.2) is 48.5 Å². The molecule has 2 aromatic carbocycles. The maximum absolute atomic E-state index is 12.4. The van der Waals surface area contributed by atoms with Gasteiger partial charge in [0.25, 0.3) is 0 Å². The molecule has 0 unspecified atom stereocenters. The summed E-state index contributed by atoms with van der Waals surface area (Å²) >= 11 is 0. The average Bonchev–Trinajstić information content (AvgIpc) is 2.80. The first-order valence-corrected chi connectivity index (χ1v) is 10.5. The second-order valence-electron chi connectivity index (χ2n) is 6.94. The summed E-state index contributed by atoms with van der Waals surface area (Å²) in [7, 11) is 3.04. The van der Waals surface area contributed by atoms with Crippen LogP contribution in [-0.4, -0.2) is 32.8 Å². The Balaban J connectivity index is 1.92. The molecule has 0 heterocycles. The summed E-state index contributed by atoms with van der Waals surface area (Å²) in [6.07, 6.45) is 8.52. The Bertz CT molecular complexity index is 870. The van der Waals surface area contributed by atoms with Crippen molar-refractivity contribution in [1.29, 1.82) is 0 Å². The van der Waals surface area contributed by atoms with Crippen LogP contribution in [0.2, 0.25) is 0 Å². The second-order valence-corrected chi connectivity index (χ2v) is 6.94. The van der Waals surface area contributed by atoms with Gasteiger partial charge in [0, 0.05) is 6.08 Å². The highest BCUT2D eigenvalue weighted by Gasteiger charge is 2.13. The van der Waals surface area contributed by atoms with Gasteiger partial charge in [-0.25, -0.2) is 9.59 Å². The third-order valence-electron chi connectivity index (χ3n) is 4.62. The summed E-state index contributed by atoms with van der Waals surface area (Å²) in [4.78, 5) is 24.2. The predicted molar refractivity (Wildman–Crippen MR) is 120 cm³/mol. The zero-order chi connectivity index (χ0) is 22.5. The molecule has 0 aliphatic heterocycles. The molecule has 0 aliphatic rings. The van der Waals surface area contributed by atoms with Gasteiger partial charge in [-0.05, 0) is 54.5 Å². The van der Waals surface area contributed by atoms with Gasteiger partial charge in [0.2, 0.25) is 0 Å². The number of carbonyl (C=O) groups is 2. The van der Waals surface area contributed by atoms with Crippen LogP contribution in [0.1, 0.15) is 54.9 Å². The molecule has 0 bridgehead atoms. The van der Waals surface area contributed by atoms with Crippen LogP contribution in [0.4, 0.5) is 0 Å². The van der Waals surface area contributed by atoms with Crippen molar-refractivity contribution >= 4 is 18.0 Å². The Labute approximate surface area is 183 Å². The molecular formula is C25H30O6. The molecule has 0 amide bonds. The number of carbonyl (C=O) groups excluding carboxylic acids is 2. The summed E-state index contributed by atoms with van der Waals surface area (Å²) in [6, 6.07) is 11.7. The van der Waals surface area contributed by atoms with E-state index < -0.39 is 5.97 Å². The minimum Gasteiger partial charge on any atom is -0.497 e. The van der Waals surface area contributed by atoms with Crippen LogP contribution in [-0.2, 0) is 9.53 Å². The van der Waals surface area contributed by atoms with E-state index in [1.165, 1.54) is 32.4 Å². The molecule has 2 aromatic rings. The van der Waals surface area contributed by atoms with Crippen molar-refractivity contribution in [2.45, 2.75) is 39.0 Å². The first kappa shape index (κ1) is 24.0. The normalized spacial score (nSPS) is 10.7. The van der Waals surface area contributed by atoms with Crippen molar-refractivity contribution in [2.75, 3.05) is 20.8 Å². The van der Waals surface area contributed by atoms with E-state index in [1.54, 1.807) is 55.7 Å². The molecule has 0 spiro atoms. The molecule has 2 rings (SSSR count). The lowest BCUT2D eigenvalue weighted by molar-refractivity contribution is -0.137. The molecule has 0 radical (unpaired) electrons. The number of esters is 2. The number of hydrogen-bond acceptors (Lipinski definition) is 6. The minimum absolute atomic E-state index is 0.287. The predicted octanol–water partition coefficient (Wildman–Crippen LogP) is 5.45. The first-order valence-electron chi connectivity index (χ1n) is 10.5. The van der Waals surface area contributed by atoms with Gasteiger partial charge in [-0.3, -0.25) is 0 Å². The van der Waals surface area contributed by atoms with Crippen LogP contribution < -0.4 is 14.2 Å². The lowest BCUT2D eigenvalue weighted by Gasteiger charge is -2.10. The fraction of sp³-hybridized carbons (Fsp3) is 0.360. The fourth-order valence-corrected chi connectivity index (χ4v) is 2.85. The molecule has 6 nitrogen and oxygen atoms in total. The van der Waals surface area contributed by atoms with E-state index in [0.717, 1.165) is 18.4 Å². The minimum atomic E-state index is -0.508. The van der Waals surface area contributed by atoms with Crippen molar-refractivity contribution in [3.63, 3.8) is 0 Å². The molecule has 0 N–H and O–H groups in total. The number of hydrogen-bond donors (Lipinski definition) is 0. The third kappa shape index (κ3) is 8.16. The van der Waals surface area contributed by atoms with E-state index in [-0.39, 0.29) is 11.7 Å². The van der Waals surface area contributed by atoms with Crippen molar-refractivity contribution < 1.29 is 28.5 Å². The highest BCUT2D eigenvalue weighted by atomic mass is 16.6. The van der Waals surface area contributed by atoms with Crippen molar-refractivity contribution in [3.8, 4) is 17.2 Å². The largest absolute Gasteiger partial charge is 0.497 e. The molecule has 0 atom stereocenters. The maximum atomic E-state index is 12.4. The Kier molecular flexibility index (Phi) is 10.1. The van der Waals surface area contributed by atoms with Crippen LogP contribution in [0.3, 0.4) is 0 Å². The number of rotatable bonds is 12. The molecular weight excluding hydrogens is 396 g/mol. The van der Waals surface area contributed by atoms with E-state index in [2.05, 4.69) is 6.92 Å². The van der Waals surface area contributed by atoms with E-state index in [4.69, 9.17) is 18.9 Å². The van der Waals surface area contributed by atoms with E-state index in [0.29, 0.717) is 23.7 Å². The zero-order valence-corrected chi connectivity index (χ0v) is 18.4. The Hall–Kier alpha value is -3.28. The van der Waals surface area contributed by atoms with Gasteiger partial charge in [0.15, 0.2) is 11.5 Å². The van der Waals surface area contributed by atoms with E-state index in [1.807, 2.05) is 0 Å². The van der Waals surface area contributed by atoms with Crippen molar-refractivity contribution in [1.82, 2.24) is 0 Å². The van der Waals surface area contributed by atoms with Gasteiger partial charge in [0.1, 0.15) is 5.75 Å². The standard InChI is InChI=1S/C25H30O6/c1-4-5-6-7-8-17-30-24(26)16-10-19-9-15-22(23(18-19)29-3)31-25(27)20-11-13-21(28-2)14-12-20/h9-16,18H,4-8,17H2,1-3H3/b16-10+. The lowest BCUT2D eigenvalue weighted by atomic mass is 10.1. The molecule has 0 aromatic heterocycles. The summed E-state index contributed by atoms with van der Waals surface area (Å²) in [5.74, 6) is 0.431. The topological polar surface area (TPSA) is 71.1 Å². The smallest absolute Gasteiger partial charge is 0.343 e. The average molecular weight is 427 g/mol. The summed E-state index contributed by atoms with van der Waals surface area (Å²) in [6.45, 7) is 2.59. The maximum Gasteiger partial charge on any atom is 0.343 e. The monoisotopic (exact) mass is 426 g/mol. The molecule has 166 valence electrons. The fourth-order valence-electron chi connectivity index (χ4n) is 2.85. The Morgan fingerprint density at radius 3 is 2.29 bits per heavy atom. The molecule has 0 saturated heterocycles. The van der Waals surface area contributed by atoms with Gasteiger partial charge in [-0.1, -0.05) is 38.7 Å². The van der Waals surface area contributed by atoms with Crippen LogP contribution in [0, 0.1) is 0 Å². The summed E-state index contributed by atoms with van der Waals surface area (Å²) in [5.41, 5.74) is 1.12. The highest BCUT2D eigenvalue weighted by molar-refractivity contribution is 5.91. The van der Waals surface area contributed by atoms with E-state index in [9.17, 15) is 9.59 Å². The van der Waals surface area contributed by atoms with Crippen LogP contribution in [0.5, 0.6) is 17.2 Å². The van der Waals surface area contributed by atoms with Gasteiger partial charge in [0.05, 0.1) is 26.4 Å². The third-order valence-corrected chi connectivity index (χ3v) is 4.62. The van der Waals surface area contributed by atoms with Crippen LogP contribution in [0.25, 0.3) is 6.08 Å². The number of ether oxygens (including phenoxy) is 4. The number of methoxy groups -OCH3 is 2. The first-order chi connectivity index (χ1) is 15.1. The van der Waals surface area contributed by atoms with Gasteiger partial charge >= 0.3 is 11.9 Å². The molecule has 0 saturated carbocycles. The zero-order valence-electron chi connectivity index (χ0n) is 18.4. The molecule has 31 heavy (non-hydrogen) atoms. The number of unbranched alkanes of at least 4 members (excludes halogenated alkanes) is 4.